The number of ether oxygens (including phenoxy) is 1. The highest BCUT2D eigenvalue weighted by atomic mass is 32.2. The van der Waals surface area contributed by atoms with Crippen molar-refractivity contribution in [2.75, 3.05) is 6.61 Å². The van der Waals surface area contributed by atoms with Gasteiger partial charge in [-0.05, 0) is 24.1 Å². The van der Waals surface area contributed by atoms with Crippen LogP contribution in [0.5, 0.6) is 5.75 Å². The summed E-state index contributed by atoms with van der Waals surface area (Å²) in [5, 5.41) is 29.7. The molecule has 5 atom stereocenters. The molecule has 2 aromatic rings. The molecule has 186 valence electrons. The van der Waals surface area contributed by atoms with E-state index in [2.05, 4.69) is 4.18 Å². The van der Waals surface area contributed by atoms with Crippen LogP contribution in [-0.2, 0) is 37.5 Å². The van der Waals surface area contributed by atoms with Crippen LogP contribution >= 0.6 is 0 Å². The van der Waals surface area contributed by atoms with Crippen molar-refractivity contribution >= 4 is 16.2 Å². The Hall–Kier alpha value is -3.08. The molecule has 0 aliphatic carbocycles. The minimum absolute atomic E-state index is 0.0163. The van der Waals surface area contributed by atoms with Crippen molar-refractivity contribution in [2.45, 2.75) is 37.0 Å². The van der Waals surface area contributed by atoms with E-state index < -0.39 is 64.6 Å². The molecule has 6 N–H and O–H groups in total. The summed E-state index contributed by atoms with van der Waals surface area (Å²) in [7, 11) is -3.45. The smallest absolute Gasteiger partial charge is 0.362 e. The molecule has 1 aliphatic heterocycles. The van der Waals surface area contributed by atoms with E-state index in [9.17, 15) is 38.1 Å². The predicted molar refractivity (Wildman–Crippen MR) is 115 cm³/mol. The Kier molecular flexibility index (Phi) is 7.54. The van der Waals surface area contributed by atoms with E-state index in [0.29, 0.717) is 5.56 Å². The lowest BCUT2D eigenvalue weighted by Crippen LogP contribution is -2.45. The molecule has 1 aromatic heterocycles. The van der Waals surface area contributed by atoms with Gasteiger partial charge in [0.15, 0.2) is 6.23 Å². The number of amides is 1. The van der Waals surface area contributed by atoms with Crippen LogP contribution in [0.1, 0.15) is 11.8 Å². The van der Waals surface area contributed by atoms with E-state index in [1.807, 2.05) is 0 Å². The van der Waals surface area contributed by atoms with Crippen LogP contribution in [0.15, 0.2) is 46.1 Å². The Bertz CT molecular complexity index is 1260. The van der Waals surface area contributed by atoms with E-state index in [0.717, 1.165) is 21.4 Å². The summed E-state index contributed by atoms with van der Waals surface area (Å²) in [5.41, 5.74) is 4.88. The first kappa shape index (κ1) is 25.5. The van der Waals surface area contributed by atoms with Gasteiger partial charge in [-0.25, -0.2) is 9.52 Å². The van der Waals surface area contributed by atoms with Crippen molar-refractivity contribution in [1.29, 1.82) is 0 Å². The van der Waals surface area contributed by atoms with Crippen molar-refractivity contribution in [3.8, 4) is 5.75 Å². The summed E-state index contributed by atoms with van der Waals surface area (Å²) >= 11 is 0. The van der Waals surface area contributed by atoms with Gasteiger partial charge in [-0.3, -0.25) is 22.9 Å². The number of aliphatic hydroxyl groups is 2. The van der Waals surface area contributed by atoms with E-state index in [1.165, 1.54) is 31.3 Å². The summed E-state index contributed by atoms with van der Waals surface area (Å²) in [6.45, 7) is -0.801. The topological polar surface area (TPSA) is 212 Å². The molecule has 0 unspecified atom stereocenters. The van der Waals surface area contributed by atoms with E-state index >= 15 is 0 Å². The third kappa shape index (κ3) is 5.69. The number of hydrogen-bond acceptors (Lipinski definition) is 11. The number of benzene rings is 1. The van der Waals surface area contributed by atoms with Crippen LogP contribution in [0.4, 0.5) is 0 Å². The number of carbonyl (C=O) groups is 1. The first-order valence-corrected chi connectivity index (χ1v) is 11.3. The van der Waals surface area contributed by atoms with Crippen LogP contribution < -0.4 is 21.7 Å². The standard InChI is InChI=1S/C19H24N4O10S/c1-22-14(25)6-7-23(19(22)29)18-16(27)15(26)13(33-18)9-32-34(30,31)21-17(28)12(20)8-10-2-4-11(24)5-3-10/h2-7,12-13,15-16,18,24,26-27H,8-9,20H2,1H3,(H,21,28)/t12-,13+,15+,16+,18+/m0/s1. The monoisotopic (exact) mass is 500 g/mol. The van der Waals surface area contributed by atoms with Gasteiger partial charge in [0, 0.05) is 19.3 Å². The maximum Gasteiger partial charge on any atom is 0.362 e. The largest absolute Gasteiger partial charge is 0.508 e. The Labute approximate surface area is 193 Å². The third-order valence-electron chi connectivity index (χ3n) is 5.17. The number of hydrogen-bond donors (Lipinski definition) is 5. The molecule has 14 nitrogen and oxygen atoms in total. The summed E-state index contributed by atoms with van der Waals surface area (Å²) in [5.74, 6) is -1.04. The lowest BCUT2D eigenvalue weighted by Gasteiger charge is -2.18. The maximum absolute atomic E-state index is 12.2. The van der Waals surface area contributed by atoms with Crippen LogP contribution in [0.3, 0.4) is 0 Å². The number of aromatic nitrogens is 2. The molecule has 15 heteroatoms. The molecule has 1 aromatic carbocycles. The fourth-order valence-corrected chi connectivity index (χ4v) is 4.01. The lowest BCUT2D eigenvalue weighted by molar-refractivity contribution is -0.120. The van der Waals surface area contributed by atoms with Gasteiger partial charge in [0.1, 0.15) is 24.1 Å². The zero-order valence-electron chi connectivity index (χ0n) is 17.8. The number of carbonyl (C=O) groups excluding carboxylic acids is 1. The fraction of sp³-hybridized carbons (Fsp3) is 0.421. The quantitative estimate of drug-likeness (QED) is 0.244. The van der Waals surface area contributed by atoms with Crippen molar-refractivity contribution in [2.24, 2.45) is 12.8 Å². The first-order valence-electron chi connectivity index (χ1n) is 9.94. The number of aliphatic hydroxyl groups excluding tert-OH is 2. The van der Waals surface area contributed by atoms with Crippen LogP contribution in [-0.4, -0.2) is 69.7 Å². The van der Waals surface area contributed by atoms with E-state index in [-0.39, 0.29) is 12.2 Å². The molecule has 0 radical (unpaired) electrons. The summed E-state index contributed by atoms with van der Waals surface area (Å²) in [6.07, 6.45) is -5.04. The molecular weight excluding hydrogens is 476 g/mol. The van der Waals surface area contributed by atoms with Gasteiger partial charge >= 0.3 is 16.0 Å². The van der Waals surface area contributed by atoms with E-state index in [4.69, 9.17) is 10.5 Å². The zero-order valence-corrected chi connectivity index (χ0v) is 18.7. The second-order valence-corrected chi connectivity index (χ2v) is 8.98. The minimum atomic E-state index is -4.66. The minimum Gasteiger partial charge on any atom is -0.508 e. The number of aromatic hydroxyl groups is 1. The number of nitrogens with one attached hydrogen (secondary N) is 1. The van der Waals surface area contributed by atoms with Crippen molar-refractivity contribution in [1.82, 2.24) is 13.9 Å². The number of nitrogens with zero attached hydrogens (tertiary/aromatic N) is 2. The van der Waals surface area contributed by atoms with E-state index in [1.54, 1.807) is 4.72 Å². The summed E-state index contributed by atoms with van der Waals surface area (Å²) in [6, 6.07) is 5.61. The van der Waals surface area contributed by atoms with Gasteiger partial charge in [-0.2, -0.15) is 8.42 Å². The SMILES string of the molecule is Cn1c(=O)ccn([C@@H]2O[C@H](COS(=O)(=O)NC(=O)[C@@H](N)Cc3ccc(O)cc3)[C@@H](O)[C@H]2O)c1=O. The predicted octanol–water partition coefficient (Wildman–Crippen LogP) is -3.18. The molecule has 3 rings (SSSR count). The fourth-order valence-electron chi connectivity index (χ4n) is 3.24. The van der Waals surface area contributed by atoms with Gasteiger partial charge in [0.2, 0.25) is 0 Å². The van der Waals surface area contributed by atoms with Crippen LogP contribution in [0.25, 0.3) is 0 Å². The average Bonchev–Trinajstić information content (AvgIpc) is 3.06. The molecule has 1 saturated heterocycles. The molecule has 34 heavy (non-hydrogen) atoms. The Balaban J connectivity index is 1.60. The van der Waals surface area contributed by atoms with Gasteiger partial charge in [-0.15, -0.1) is 0 Å². The highest BCUT2D eigenvalue weighted by Gasteiger charge is 2.45. The molecule has 1 fully saturated rings. The van der Waals surface area contributed by atoms with Gasteiger partial charge in [-0.1, -0.05) is 12.1 Å². The van der Waals surface area contributed by atoms with Crippen molar-refractivity contribution < 1.29 is 37.5 Å². The molecule has 2 heterocycles. The summed E-state index contributed by atoms with van der Waals surface area (Å²) in [4.78, 5) is 35.9. The molecule has 0 saturated carbocycles. The number of phenols is 1. The molecule has 1 aliphatic rings. The number of rotatable bonds is 8. The second kappa shape index (κ2) is 10.0. The average molecular weight is 500 g/mol. The molecule has 1 amide bonds. The highest BCUT2D eigenvalue weighted by molar-refractivity contribution is 7.85. The summed E-state index contributed by atoms with van der Waals surface area (Å²) < 4.78 is 37.6. The van der Waals surface area contributed by atoms with Crippen molar-refractivity contribution in [3.05, 3.63) is 62.9 Å². The molecular formula is C19H24N4O10S. The number of nitrogens with two attached hydrogens (primary N) is 1. The van der Waals surface area contributed by atoms with Gasteiger partial charge in [0.05, 0.1) is 12.6 Å². The second-order valence-electron chi connectivity index (χ2n) is 7.63. The maximum atomic E-state index is 12.2. The Morgan fingerprint density at radius 1 is 1.21 bits per heavy atom. The molecule has 0 bridgehead atoms. The number of phenolic OH excluding ortho intramolecular Hbond substituents is 1. The third-order valence-corrected chi connectivity index (χ3v) is 6.07. The first-order chi connectivity index (χ1) is 15.9. The Morgan fingerprint density at radius 2 is 1.85 bits per heavy atom. The lowest BCUT2D eigenvalue weighted by atomic mass is 10.1. The van der Waals surface area contributed by atoms with Gasteiger partial charge in [0.25, 0.3) is 11.5 Å². The molecule has 0 spiro atoms. The Morgan fingerprint density at radius 3 is 2.50 bits per heavy atom. The van der Waals surface area contributed by atoms with Crippen molar-refractivity contribution in [3.63, 3.8) is 0 Å². The van der Waals surface area contributed by atoms with Crippen LogP contribution in [0, 0.1) is 0 Å². The highest BCUT2D eigenvalue weighted by Crippen LogP contribution is 2.28. The van der Waals surface area contributed by atoms with Crippen LogP contribution in [0.2, 0.25) is 0 Å². The normalized spacial score (nSPS) is 23.5. The zero-order chi connectivity index (χ0) is 25.2. The van der Waals surface area contributed by atoms with Gasteiger partial charge < -0.3 is 25.8 Å².